The molecule has 0 atom stereocenters. The summed E-state index contributed by atoms with van der Waals surface area (Å²) in [6.07, 6.45) is 1.57. The number of carboxylic acid groups (broad SMARTS) is 1. The maximum absolute atomic E-state index is 13.3. The molecule has 0 spiro atoms. The normalized spacial score (nSPS) is 11.3. The minimum absolute atomic E-state index is 0.00711. The Hall–Kier alpha value is -2.34. The summed E-state index contributed by atoms with van der Waals surface area (Å²) >= 11 is 0. The monoisotopic (exact) mass is 361 g/mol. The van der Waals surface area contributed by atoms with Gasteiger partial charge in [0.05, 0.1) is 16.1 Å². The van der Waals surface area contributed by atoms with Gasteiger partial charge in [0.25, 0.3) is 10.0 Å². The van der Waals surface area contributed by atoms with Crippen LogP contribution in [0.2, 0.25) is 0 Å². The van der Waals surface area contributed by atoms with E-state index in [0.29, 0.717) is 29.8 Å². The van der Waals surface area contributed by atoms with E-state index >= 15 is 0 Å². The zero-order valence-corrected chi connectivity index (χ0v) is 15.5. The van der Waals surface area contributed by atoms with E-state index in [1.54, 1.807) is 44.2 Å². The second-order valence-electron chi connectivity index (χ2n) is 6.00. The molecule has 134 valence electrons. The number of benzene rings is 2. The van der Waals surface area contributed by atoms with Gasteiger partial charge in [0.15, 0.2) is 0 Å². The lowest BCUT2D eigenvalue weighted by Gasteiger charge is -2.25. The smallest absolute Gasteiger partial charge is 0.335 e. The Labute approximate surface area is 149 Å². The van der Waals surface area contributed by atoms with Crippen LogP contribution in [0.5, 0.6) is 0 Å². The molecule has 0 saturated heterocycles. The van der Waals surface area contributed by atoms with E-state index in [4.69, 9.17) is 0 Å². The zero-order chi connectivity index (χ0) is 18.6. The van der Waals surface area contributed by atoms with Gasteiger partial charge in [-0.25, -0.2) is 13.2 Å². The topological polar surface area (TPSA) is 74.7 Å². The third kappa shape index (κ3) is 4.02. The first-order valence-electron chi connectivity index (χ1n) is 8.21. The van der Waals surface area contributed by atoms with Crippen molar-refractivity contribution in [2.45, 2.75) is 38.5 Å². The molecule has 0 heterocycles. The number of anilines is 1. The summed E-state index contributed by atoms with van der Waals surface area (Å²) in [7, 11) is -3.86. The Morgan fingerprint density at radius 3 is 2.28 bits per heavy atom. The predicted octanol–water partition coefficient (Wildman–Crippen LogP) is 4.00. The Kier molecular flexibility index (Phi) is 5.85. The summed E-state index contributed by atoms with van der Waals surface area (Å²) in [4.78, 5) is 11.5. The van der Waals surface area contributed by atoms with Crippen LogP contribution in [-0.4, -0.2) is 26.0 Å². The molecule has 0 bridgehead atoms. The first-order valence-corrected chi connectivity index (χ1v) is 9.65. The van der Waals surface area contributed by atoms with Gasteiger partial charge in [-0.3, -0.25) is 4.31 Å². The number of para-hydroxylation sites is 1. The van der Waals surface area contributed by atoms with Crippen LogP contribution < -0.4 is 4.31 Å². The minimum atomic E-state index is -3.86. The average molecular weight is 361 g/mol. The van der Waals surface area contributed by atoms with Crippen LogP contribution >= 0.6 is 0 Å². The van der Waals surface area contributed by atoms with Crippen molar-refractivity contribution >= 4 is 21.7 Å². The van der Waals surface area contributed by atoms with Gasteiger partial charge in [0.2, 0.25) is 0 Å². The molecule has 2 aromatic carbocycles. The van der Waals surface area contributed by atoms with Crippen LogP contribution in [0.1, 0.15) is 41.3 Å². The van der Waals surface area contributed by atoms with Crippen molar-refractivity contribution < 1.29 is 18.3 Å². The fourth-order valence-corrected chi connectivity index (χ4v) is 4.48. The van der Waals surface area contributed by atoms with Gasteiger partial charge < -0.3 is 5.11 Å². The molecule has 0 radical (unpaired) electrons. The standard InChI is InChI=1S/C19H23NO4S/c1-4-5-11-20(16-9-7-6-8-10-16)25(23,24)18-13-17(19(21)22)14(2)12-15(18)3/h6-10,12-13H,4-5,11H2,1-3H3,(H,21,22). The molecule has 0 aliphatic heterocycles. The van der Waals surface area contributed by atoms with Gasteiger partial charge in [0.1, 0.15) is 0 Å². The largest absolute Gasteiger partial charge is 0.478 e. The van der Waals surface area contributed by atoms with E-state index in [1.807, 2.05) is 13.0 Å². The summed E-state index contributed by atoms with van der Waals surface area (Å²) in [5.74, 6) is -1.13. The van der Waals surface area contributed by atoms with Gasteiger partial charge >= 0.3 is 5.97 Å². The maximum Gasteiger partial charge on any atom is 0.335 e. The first kappa shape index (κ1) is 19.0. The van der Waals surface area contributed by atoms with Crippen LogP contribution in [-0.2, 0) is 10.0 Å². The number of sulfonamides is 1. The first-order chi connectivity index (χ1) is 11.8. The van der Waals surface area contributed by atoms with E-state index in [0.717, 1.165) is 6.42 Å². The predicted molar refractivity (Wildman–Crippen MR) is 98.8 cm³/mol. The molecule has 0 unspecified atom stereocenters. The number of aromatic carboxylic acids is 1. The lowest BCUT2D eigenvalue weighted by atomic mass is 10.1. The van der Waals surface area contributed by atoms with E-state index < -0.39 is 16.0 Å². The van der Waals surface area contributed by atoms with Crippen LogP contribution in [0.15, 0.2) is 47.4 Å². The Balaban J connectivity index is 2.61. The second kappa shape index (κ2) is 7.70. The highest BCUT2D eigenvalue weighted by Crippen LogP contribution is 2.28. The average Bonchev–Trinajstić information content (AvgIpc) is 2.55. The molecule has 2 rings (SSSR count). The number of aryl methyl sites for hydroxylation is 2. The number of rotatable bonds is 7. The summed E-state index contributed by atoms with van der Waals surface area (Å²) < 4.78 is 27.9. The summed E-state index contributed by atoms with van der Waals surface area (Å²) in [5.41, 5.74) is 1.67. The van der Waals surface area contributed by atoms with E-state index in [1.165, 1.54) is 10.4 Å². The fourth-order valence-electron chi connectivity index (χ4n) is 2.74. The third-order valence-corrected chi connectivity index (χ3v) is 6.05. The van der Waals surface area contributed by atoms with Crippen molar-refractivity contribution in [2.75, 3.05) is 10.8 Å². The summed E-state index contributed by atoms with van der Waals surface area (Å²) in [6.45, 7) is 5.70. The van der Waals surface area contributed by atoms with E-state index in [-0.39, 0.29) is 10.5 Å². The summed E-state index contributed by atoms with van der Waals surface area (Å²) in [6, 6.07) is 11.8. The molecule has 2 aromatic rings. The van der Waals surface area contributed by atoms with Crippen molar-refractivity contribution in [1.29, 1.82) is 0 Å². The second-order valence-corrected chi connectivity index (χ2v) is 7.83. The minimum Gasteiger partial charge on any atom is -0.478 e. The number of nitrogens with zero attached hydrogens (tertiary/aromatic N) is 1. The number of unbranched alkanes of at least 4 members (excludes halogenated alkanes) is 1. The van der Waals surface area contributed by atoms with Crippen molar-refractivity contribution in [2.24, 2.45) is 0 Å². The lowest BCUT2D eigenvalue weighted by Crippen LogP contribution is -2.32. The Bertz CT molecular complexity index is 860. The molecule has 0 amide bonds. The van der Waals surface area contributed by atoms with Gasteiger partial charge in [-0.15, -0.1) is 0 Å². The molecule has 25 heavy (non-hydrogen) atoms. The van der Waals surface area contributed by atoms with Crippen molar-refractivity contribution in [1.82, 2.24) is 0 Å². The fraction of sp³-hybridized carbons (Fsp3) is 0.316. The van der Waals surface area contributed by atoms with Gasteiger partial charge in [-0.05, 0) is 49.6 Å². The van der Waals surface area contributed by atoms with Crippen LogP contribution in [0.4, 0.5) is 5.69 Å². The van der Waals surface area contributed by atoms with Gasteiger partial charge in [-0.2, -0.15) is 0 Å². The third-order valence-electron chi connectivity index (χ3n) is 4.08. The molecule has 5 nitrogen and oxygen atoms in total. The zero-order valence-electron chi connectivity index (χ0n) is 14.7. The Morgan fingerprint density at radius 1 is 1.08 bits per heavy atom. The number of hydrogen-bond donors (Lipinski definition) is 1. The molecule has 0 aromatic heterocycles. The highest BCUT2D eigenvalue weighted by molar-refractivity contribution is 7.92. The van der Waals surface area contributed by atoms with E-state index in [9.17, 15) is 18.3 Å². The quantitative estimate of drug-likeness (QED) is 0.809. The molecule has 6 heteroatoms. The molecule has 0 fully saturated rings. The molecule has 0 saturated carbocycles. The highest BCUT2D eigenvalue weighted by atomic mass is 32.2. The van der Waals surface area contributed by atoms with Gasteiger partial charge in [0, 0.05) is 6.54 Å². The number of hydrogen-bond acceptors (Lipinski definition) is 3. The molecular weight excluding hydrogens is 338 g/mol. The molecule has 1 N–H and O–H groups in total. The maximum atomic E-state index is 13.3. The Morgan fingerprint density at radius 2 is 1.72 bits per heavy atom. The van der Waals surface area contributed by atoms with Gasteiger partial charge in [-0.1, -0.05) is 37.6 Å². The van der Waals surface area contributed by atoms with Crippen molar-refractivity contribution in [3.63, 3.8) is 0 Å². The van der Waals surface area contributed by atoms with Crippen molar-refractivity contribution in [3.8, 4) is 0 Å². The molecule has 0 aliphatic rings. The van der Waals surface area contributed by atoms with E-state index in [2.05, 4.69) is 0 Å². The highest BCUT2D eigenvalue weighted by Gasteiger charge is 2.27. The molecular formula is C19H23NO4S. The lowest BCUT2D eigenvalue weighted by molar-refractivity contribution is 0.0696. The summed E-state index contributed by atoms with van der Waals surface area (Å²) in [5, 5.41) is 9.34. The van der Waals surface area contributed by atoms with Crippen LogP contribution in [0.25, 0.3) is 0 Å². The van der Waals surface area contributed by atoms with Crippen molar-refractivity contribution in [3.05, 3.63) is 59.2 Å². The SMILES string of the molecule is CCCCN(c1ccccc1)S(=O)(=O)c1cc(C(=O)O)c(C)cc1C. The van der Waals surface area contributed by atoms with Crippen LogP contribution in [0.3, 0.4) is 0 Å². The number of carboxylic acids is 1. The number of carbonyl (C=O) groups is 1. The van der Waals surface area contributed by atoms with Crippen LogP contribution in [0, 0.1) is 13.8 Å². The molecule has 0 aliphatic carbocycles.